The second-order valence-corrected chi connectivity index (χ2v) is 6.23. The molecule has 4 nitrogen and oxygen atoms in total. The number of nitrogens with zero attached hydrogens (tertiary/aromatic N) is 2. The SMILES string of the molecule is N#Cc1ccc(COc2ccc(F)c([C@@H]3[C@@H]4CNC[C@@H]43)n2)c(F)c1. The molecule has 1 saturated heterocycles. The molecule has 2 aliphatic rings. The van der Waals surface area contributed by atoms with Crippen molar-refractivity contribution in [2.75, 3.05) is 13.1 Å². The van der Waals surface area contributed by atoms with Crippen LogP contribution in [0.25, 0.3) is 0 Å². The third kappa shape index (κ3) is 2.61. The first-order valence-corrected chi connectivity index (χ1v) is 7.86. The molecule has 0 unspecified atom stereocenters. The van der Waals surface area contributed by atoms with Gasteiger partial charge in [-0.3, -0.25) is 0 Å². The zero-order valence-corrected chi connectivity index (χ0v) is 12.8. The first-order chi connectivity index (χ1) is 11.7. The maximum absolute atomic E-state index is 14.0. The van der Waals surface area contributed by atoms with E-state index in [0.717, 1.165) is 13.1 Å². The van der Waals surface area contributed by atoms with Crippen LogP contribution in [-0.4, -0.2) is 18.1 Å². The number of halogens is 2. The van der Waals surface area contributed by atoms with Crippen LogP contribution in [0.2, 0.25) is 0 Å². The monoisotopic (exact) mass is 327 g/mol. The van der Waals surface area contributed by atoms with Gasteiger partial charge >= 0.3 is 0 Å². The Morgan fingerprint density at radius 2 is 1.96 bits per heavy atom. The first-order valence-electron chi connectivity index (χ1n) is 7.86. The number of hydrogen-bond donors (Lipinski definition) is 1. The van der Waals surface area contributed by atoms with Crippen molar-refractivity contribution in [1.29, 1.82) is 5.26 Å². The lowest BCUT2D eigenvalue weighted by Gasteiger charge is -2.10. The number of hydrogen-bond acceptors (Lipinski definition) is 4. The summed E-state index contributed by atoms with van der Waals surface area (Å²) >= 11 is 0. The number of benzene rings is 1. The van der Waals surface area contributed by atoms with Crippen LogP contribution in [0, 0.1) is 34.8 Å². The molecule has 1 aliphatic heterocycles. The second kappa shape index (κ2) is 5.84. The van der Waals surface area contributed by atoms with E-state index in [9.17, 15) is 8.78 Å². The Morgan fingerprint density at radius 1 is 1.17 bits per heavy atom. The largest absolute Gasteiger partial charge is 0.473 e. The fourth-order valence-electron chi connectivity index (χ4n) is 3.46. The van der Waals surface area contributed by atoms with Crippen LogP contribution in [0.1, 0.15) is 22.7 Å². The molecule has 1 N–H and O–H groups in total. The quantitative estimate of drug-likeness (QED) is 0.938. The predicted molar refractivity (Wildman–Crippen MR) is 82.2 cm³/mol. The summed E-state index contributed by atoms with van der Waals surface area (Å²) in [5.74, 6) is 0.538. The van der Waals surface area contributed by atoms with E-state index < -0.39 is 5.82 Å². The minimum atomic E-state index is -0.501. The normalized spacial score (nSPS) is 24.3. The molecular formula is C18H15F2N3O. The average molecular weight is 327 g/mol. The van der Waals surface area contributed by atoms with Crippen molar-refractivity contribution in [3.8, 4) is 11.9 Å². The Hall–Kier alpha value is -2.52. The fraction of sp³-hybridized carbons (Fsp3) is 0.333. The van der Waals surface area contributed by atoms with Crippen LogP contribution in [0.4, 0.5) is 8.78 Å². The molecule has 122 valence electrons. The van der Waals surface area contributed by atoms with Crippen LogP contribution in [0.15, 0.2) is 30.3 Å². The maximum atomic E-state index is 14.0. The second-order valence-electron chi connectivity index (χ2n) is 6.23. The lowest BCUT2D eigenvalue weighted by atomic mass is 10.1. The molecule has 4 rings (SSSR count). The Morgan fingerprint density at radius 3 is 2.67 bits per heavy atom. The highest BCUT2D eigenvalue weighted by molar-refractivity contribution is 5.33. The summed E-state index contributed by atoms with van der Waals surface area (Å²) in [5.41, 5.74) is 1.03. The summed E-state index contributed by atoms with van der Waals surface area (Å²) in [4.78, 5) is 4.30. The van der Waals surface area contributed by atoms with Crippen LogP contribution in [-0.2, 0) is 6.61 Å². The van der Waals surface area contributed by atoms with Crippen molar-refractivity contribution < 1.29 is 13.5 Å². The third-order valence-electron chi connectivity index (χ3n) is 4.81. The number of piperidine rings is 1. The van der Waals surface area contributed by atoms with Crippen molar-refractivity contribution in [2.45, 2.75) is 12.5 Å². The highest BCUT2D eigenvalue weighted by atomic mass is 19.1. The van der Waals surface area contributed by atoms with Crippen molar-refractivity contribution in [3.05, 3.63) is 58.8 Å². The summed E-state index contributed by atoms with van der Waals surface area (Å²) < 4.78 is 33.4. The molecule has 2 aromatic rings. The molecule has 1 aromatic carbocycles. The van der Waals surface area contributed by atoms with E-state index in [1.807, 2.05) is 6.07 Å². The van der Waals surface area contributed by atoms with Gasteiger partial charge in [0.2, 0.25) is 5.88 Å². The molecule has 6 heteroatoms. The lowest BCUT2D eigenvalue weighted by Crippen LogP contribution is -2.15. The van der Waals surface area contributed by atoms with Gasteiger partial charge in [0.15, 0.2) is 0 Å². The molecule has 0 radical (unpaired) electrons. The number of fused-ring (bicyclic) bond motifs is 1. The molecule has 0 spiro atoms. The van der Waals surface area contributed by atoms with Crippen molar-refractivity contribution in [1.82, 2.24) is 10.3 Å². The minimum absolute atomic E-state index is 0.0192. The Kier molecular flexibility index (Phi) is 3.66. The zero-order chi connectivity index (χ0) is 16.7. The van der Waals surface area contributed by atoms with Crippen LogP contribution >= 0.6 is 0 Å². The minimum Gasteiger partial charge on any atom is -0.473 e. The molecule has 24 heavy (non-hydrogen) atoms. The fourth-order valence-corrected chi connectivity index (χ4v) is 3.46. The number of ether oxygens (including phenoxy) is 1. The van der Waals surface area contributed by atoms with Gasteiger partial charge in [-0.15, -0.1) is 0 Å². The van der Waals surface area contributed by atoms with Gasteiger partial charge in [-0.05, 0) is 43.1 Å². The molecule has 0 bridgehead atoms. The van der Waals surface area contributed by atoms with E-state index in [2.05, 4.69) is 10.3 Å². The highest BCUT2D eigenvalue weighted by Gasteiger charge is 2.55. The van der Waals surface area contributed by atoms with Gasteiger partial charge in [0.05, 0.1) is 17.3 Å². The van der Waals surface area contributed by atoms with Gasteiger partial charge in [-0.1, -0.05) is 6.07 Å². The van der Waals surface area contributed by atoms with Gasteiger partial charge in [0.1, 0.15) is 18.2 Å². The predicted octanol–water partition coefficient (Wildman–Crippen LogP) is 2.74. The van der Waals surface area contributed by atoms with Gasteiger partial charge < -0.3 is 10.1 Å². The van der Waals surface area contributed by atoms with Gasteiger partial charge in [-0.2, -0.15) is 5.26 Å². The van der Waals surface area contributed by atoms with Crippen LogP contribution in [0.5, 0.6) is 5.88 Å². The smallest absolute Gasteiger partial charge is 0.213 e. The standard InChI is InChI=1S/C18H15F2N3O/c19-14-3-4-16(23-18(14)17-12-7-22-8-13(12)17)24-9-11-2-1-10(6-21)5-15(11)20/h1-5,12-13,17,22H,7-9H2/t12-,13+,17-. The number of nitriles is 1. The first kappa shape index (κ1) is 15.0. The Balaban J connectivity index is 1.48. The Bertz CT molecular complexity index is 823. The zero-order valence-electron chi connectivity index (χ0n) is 12.8. The molecule has 1 aliphatic carbocycles. The molecule has 2 fully saturated rings. The van der Waals surface area contributed by atoms with E-state index >= 15 is 0 Å². The molecule has 3 atom stereocenters. The van der Waals surface area contributed by atoms with Crippen molar-refractivity contribution >= 4 is 0 Å². The molecule has 1 aromatic heterocycles. The Labute approximate surface area is 138 Å². The topological polar surface area (TPSA) is 57.9 Å². The third-order valence-corrected chi connectivity index (χ3v) is 4.81. The van der Waals surface area contributed by atoms with Gasteiger partial charge in [0.25, 0.3) is 0 Å². The average Bonchev–Trinajstić information content (AvgIpc) is 3.05. The summed E-state index contributed by atoms with van der Waals surface area (Å²) in [6.07, 6.45) is 0. The number of pyridine rings is 1. The van der Waals surface area contributed by atoms with Crippen molar-refractivity contribution in [2.24, 2.45) is 11.8 Å². The van der Waals surface area contributed by atoms with E-state index in [-0.39, 0.29) is 29.8 Å². The molecular weight excluding hydrogens is 312 g/mol. The summed E-state index contributed by atoms with van der Waals surface area (Å²) in [7, 11) is 0. The van der Waals surface area contributed by atoms with Crippen LogP contribution < -0.4 is 10.1 Å². The van der Waals surface area contributed by atoms with E-state index in [1.54, 1.807) is 0 Å². The highest BCUT2D eigenvalue weighted by Crippen LogP contribution is 2.55. The van der Waals surface area contributed by atoms with Gasteiger partial charge in [-0.25, -0.2) is 13.8 Å². The van der Waals surface area contributed by atoms with E-state index in [4.69, 9.17) is 10.00 Å². The van der Waals surface area contributed by atoms with E-state index in [0.29, 0.717) is 23.1 Å². The van der Waals surface area contributed by atoms with Crippen LogP contribution in [0.3, 0.4) is 0 Å². The molecule has 2 heterocycles. The number of nitrogens with one attached hydrogen (secondary N) is 1. The van der Waals surface area contributed by atoms with Crippen molar-refractivity contribution in [3.63, 3.8) is 0 Å². The molecule has 1 saturated carbocycles. The number of rotatable bonds is 4. The summed E-state index contributed by atoms with van der Waals surface area (Å²) in [6.45, 7) is 1.78. The molecule has 0 amide bonds. The summed E-state index contributed by atoms with van der Waals surface area (Å²) in [5, 5.41) is 12.0. The summed E-state index contributed by atoms with van der Waals surface area (Å²) in [6, 6.07) is 8.90. The number of aromatic nitrogens is 1. The maximum Gasteiger partial charge on any atom is 0.213 e. The van der Waals surface area contributed by atoms with Gasteiger partial charge in [0, 0.05) is 17.5 Å². The lowest BCUT2D eigenvalue weighted by molar-refractivity contribution is 0.286. The van der Waals surface area contributed by atoms with E-state index in [1.165, 1.54) is 30.3 Å².